The molecule has 0 saturated carbocycles. The van der Waals surface area contributed by atoms with Crippen LogP contribution in [-0.4, -0.2) is 26.8 Å². The average molecular weight is 289 g/mol. The molecule has 1 heterocycles. The second-order valence-corrected chi connectivity index (χ2v) is 4.26. The van der Waals surface area contributed by atoms with Gasteiger partial charge in [0.15, 0.2) is 0 Å². The van der Waals surface area contributed by atoms with Gasteiger partial charge in [-0.1, -0.05) is 0 Å². The van der Waals surface area contributed by atoms with Crippen LogP contribution in [0.25, 0.3) is 6.08 Å². The monoisotopic (exact) mass is 289 g/mol. The van der Waals surface area contributed by atoms with E-state index in [2.05, 4.69) is 10.4 Å². The molecule has 0 spiro atoms. The number of carbonyl (C=O) groups excluding carboxylic acids is 1. The quantitative estimate of drug-likeness (QED) is 0.842. The van der Waals surface area contributed by atoms with Crippen LogP contribution in [0.3, 0.4) is 0 Å². The zero-order valence-electron chi connectivity index (χ0n) is 11.1. The molecule has 0 radical (unpaired) electrons. The first-order valence-corrected chi connectivity index (χ1v) is 5.96. The molecule has 0 aliphatic rings. The highest BCUT2D eigenvalue weighted by molar-refractivity contribution is 6.04. The van der Waals surface area contributed by atoms with Crippen LogP contribution in [0.2, 0.25) is 0 Å². The van der Waals surface area contributed by atoms with Gasteiger partial charge in [-0.15, -0.1) is 0 Å². The maximum atomic E-state index is 13.7. The third kappa shape index (κ3) is 3.75. The fourth-order valence-corrected chi connectivity index (χ4v) is 1.64. The molecular weight excluding hydrogens is 277 g/mol. The lowest BCUT2D eigenvalue weighted by Gasteiger charge is -2.05. The van der Waals surface area contributed by atoms with Crippen LogP contribution in [0.4, 0.5) is 10.1 Å². The number of halogens is 1. The number of anilines is 1. The first-order valence-electron chi connectivity index (χ1n) is 5.96. The highest BCUT2D eigenvalue weighted by Gasteiger charge is 2.09. The molecule has 0 fully saturated rings. The lowest BCUT2D eigenvalue weighted by molar-refractivity contribution is -0.131. The summed E-state index contributed by atoms with van der Waals surface area (Å²) in [5.41, 5.74) is 0.748. The molecule has 21 heavy (non-hydrogen) atoms. The highest BCUT2D eigenvalue weighted by atomic mass is 19.1. The van der Waals surface area contributed by atoms with Crippen LogP contribution in [0.1, 0.15) is 15.9 Å². The Balaban J connectivity index is 2.13. The molecule has 0 atom stereocenters. The Morgan fingerprint density at radius 3 is 2.76 bits per heavy atom. The number of aromatic nitrogens is 2. The lowest BCUT2D eigenvalue weighted by Crippen LogP contribution is -2.11. The third-order valence-electron chi connectivity index (χ3n) is 2.63. The first-order chi connectivity index (χ1) is 9.95. The number of hydrogen-bond acceptors (Lipinski definition) is 3. The minimum absolute atomic E-state index is 0.122. The normalized spacial score (nSPS) is 10.8. The van der Waals surface area contributed by atoms with Crippen LogP contribution >= 0.6 is 0 Å². The van der Waals surface area contributed by atoms with Crippen molar-refractivity contribution in [1.29, 1.82) is 0 Å². The van der Waals surface area contributed by atoms with E-state index >= 15 is 0 Å². The smallest absolute Gasteiger partial charge is 0.328 e. The van der Waals surface area contributed by atoms with Gasteiger partial charge < -0.3 is 10.4 Å². The Kier molecular flexibility index (Phi) is 4.13. The minimum atomic E-state index is -1.16. The number of benzene rings is 1. The molecule has 7 heteroatoms. The van der Waals surface area contributed by atoms with Gasteiger partial charge in [0.2, 0.25) is 0 Å². The molecule has 1 aromatic heterocycles. The van der Waals surface area contributed by atoms with Crippen LogP contribution in [-0.2, 0) is 11.8 Å². The summed E-state index contributed by atoms with van der Waals surface area (Å²) in [6.07, 6.45) is 4.92. The van der Waals surface area contributed by atoms with E-state index < -0.39 is 17.7 Å². The molecule has 1 aromatic carbocycles. The summed E-state index contributed by atoms with van der Waals surface area (Å²) in [6.45, 7) is 0. The maximum absolute atomic E-state index is 13.7. The Bertz CT molecular complexity index is 722. The number of hydrogen-bond donors (Lipinski definition) is 2. The van der Waals surface area contributed by atoms with Crippen molar-refractivity contribution < 1.29 is 19.1 Å². The second-order valence-electron chi connectivity index (χ2n) is 4.26. The molecule has 1 amide bonds. The van der Waals surface area contributed by atoms with E-state index in [0.717, 1.165) is 18.2 Å². The van der Waals surface area contributed by atoms with Crippen molar-refractivity contribution in [2.75, 3.05) is 5.32 Å². The average Bonchev–Trinajstić information content (AvgIpc) is 2.84. The number of aliphatic carboxylic acids is 1. The zero-order chi connectivity index (χ0) is 15.4. The van der Waals surface area contributed by atoms with Crippen LogP contribution in [0.5, 0.6) is 0 Å². The SMILES string of the molecule is Cn1cc(C(=O)Nc2ccc(C=CC(=O)O)c(F)c2)cn1. The Hall–Kier alpha value is -2.96. The first kappa shape index (κ1) is 14.4. The number of rotatable bonds is 4. The Morgan fingerprint density at radius 1 is 1.43 bits per heavy atom. The summed E-state index contributed by atoms with van der Waals surface area (Å²) in [5, 5.41) is 14.9. The van der Waals surface area contributed by atoms with E-state index in [1.165, 1.54) is 29.2 Å². The minimum Gasteiger partial charge on any atom is -0.478 e. The fraction of sp³-hybridized carbons (Fsp3) is 0.0714. The predicted molar refractivity (Wildman–Crippen MR) is 74.2 cm³/mol. The molecule has 6 nitrogen and oxygen atoms in total. The van der Waals surface area contributed by atoms with Gasteiger partial charge in [0.25, 0.3) is 5.91 Å². The molecule has 2 rings (SSSR count). The maximum Gasteiger partial charge on any atom is 0.328 e. The van der Waals surface area contributed by atoms with Crippen LogP contribution < -0.4 is 5.32 Å². The molecule has 0 aliphatic carbocycles. The van der Waals surface area contributed by atoms with Gasteiger partial charge >= 0.3 is 5.97 Å². The fourth-order valence-electron chi connectivity index (χ4n) is 1.64. The number of carboxylic acids is 1. The van der Waals surface area contributed by atoms with Gasteiger partial charge in [-0.05, 0) is 24.3 Å². The van der Waals surface area contributed by atoms with Gasteiger partial charge in [-0.25, -0.2) is 9.18 Å². The Labute approximate surface area is 119 Å². The van der Waals surface area contributed by atoms with Crippen molar-refractivity contribution in [2.45, 2.75) is 0 Å². The van der Waals surface area contributed by atoms with Gasteiger partial charge in [0.05, 0.1) is 11.8 Å². The summed E-state index contributed by atoms with van der Waals surface area (Å²) in [7, 11) is 1.68. The molecule has 0 unspecified atom stereocenters. The molecule has 108 valence electrons. The van der Waals surface area contributed by atoms with Gasteiger partial charge in [-0.3, -0.25) is 9.48 Å². The van der Waals surface area contributed by atoms with Crippen molar-refractivity contribution in [2.24, 2.45) is 7.05 Å². The molecular formula is C14H12FN3O3. The van der Waals surface area contributed by atoms with Crippen LogP contribution in [0.15, 0.2) is 36.7 Å². The van der Waals surface area contributed by atoms with Crippen molar-refractivity contribution in [1.82, 2.24) is 9.78 Å². The predicted octanol–water partition coefficient (Wildman–Crippen LogP) is 1.91. The Morgan fingerprint density at radius 2 is 2.19 bits per heavy atom. The van der Waals surface area contributed by atoms with Gasteiger partial charge in [0.1, 0.15) is 5.82 Å². The highest BCUT2D eigenvalue weighted by Crippen LogP contribution is 2.16. The molecule has 0 aliphatic heterocycles. The zero-order valence-corrected chi connectivity index (χ0v) is 11.1. The molecule has 2 aromatic rings. The summed E-state index contributed by atoms with van der Waals surface area (Å²) in [5.74, 6) is -2.20. The van der Waals surface area contributed by atoms with Crippen LogP contribution in [0, 0.1) is 5.82 Å². The van der Waals surface area contributed by atoms with Crippen molar-refractivity contribution in [3.05, 3.63) is 53.6 Å². The largest absolute Gasteiger partial charge is 0.478 e. The van der Waals surface area contributed by atoms with Crippen molar-refractivity contribution >= 4 is 23.6 Å². The topological polar surface area (TPSA) is 84.2 Å². The molecule has 2 N–H and O–H groups in total. The second kappa shape index (κ2) is 6.00. The van der Waals surface area contributed by atoms with E-state index in [-0.39, 0.29) is 11.3 Å². The number of aryl methyl sites for hydroxylation is 1. The third-order valence-corrected chi connectivity index (χ3v) is 2.63. The molecule has 0 bridgehead atoms. The summed E-state index contributed by atoms with van der Waals surface area (Å²) in [6, 6.07) is 3.99. The van der Waals surface area contributed by atoms with E-state index in [9.17, 15) is 14.0 Å². The number of nitrogens with zero attached hydrogens (tertiary/aromatic N) is 2. The van der Waals surface area contributed by atoms with E-state index in [1.807, 2.05) is 0 Å². The lowest BCUT2D eigenvalue weighted by atomic mass is 10.1. The number of carbonyl (C=O) groups is 2. The van der Waals surface area contributed by atoms with Crippen molar-refractivity contribution in [3.8, 4) is 0 Å². The van der Waals surface area contributed by atoms with E-state index in [0.29, 0.717) is 5.56 Å². The summed E-state index contributed by atoms with van der Waals surface area (Å²) in [4.78, 5) is 22.2. The van der Waals surface area contributed by atoms with E-state index in [4.69, 9.17) is 5.11 Å². The van der Waals surface area contributed by atoms with E-state index in [1.54, 1.807) is 7.05 Å². The van der Waals surface area contributed by atoms with Crippen molar-refractivity contribution in [3.63, 3.8) is 0 Å². The summed E-state index contributed by atoms with van der Waals surface area (Å²) >= 11 is 0. The standard InChI is InChI=1S/C14H12FN3O3/c1-18-8-10(7-16-18)14(21)17-11-4-2-9(12(15)6-11)3-5-13(19)20/h2-8H,1H3,(H,17,21)(H,19,20). The summed E-state index contributed by atoms with van der Waals surface area (Å²) < 4.78 is 15.2. The molecule has 0 saturated heterocycles. The number of carboxylic acid groups (broad SMARTS) is 1. The van der Waals surface area contributed by atoms with Gasteiger partial charge in [0, 0.05) is 30.6 Å². The van der Waals surface area contributed by atoms with Gasteiger partial charge in [-0.2, -0.15) is 5.10 Å². The number of amides is 1. The number of nitrogens with one attached hydrogen (secondary N) is 1.